The van der Waals surface area contributed by atoms with Crippen LogP contribution in [0.1, 0.15) is 28.4 Å². The second-order valence-corrected chi connectivity index (χ2v) is 6.12. The van der Waals surface area contributed by atoms with Gasteiger partial charge in [0.2, 0.25) is 0 Å². The van der Waals surface area contributed by atoms with E-state index in [1.807, 2.05) is 32.3 Å². The van der Waals surface area contributed by atoms with Crippen molar-refractivity contribution in [2.75, 3.05) is 33.1 Å². The molecule has 0 heterocycles. The number of carbonyl (C=O) groups excluding carboxylic acids is 1. The molecule has 1 amide bonds. The molecular formula is C19H24FN3O2. The zero-order valence-corrected chi connectivity index (χ0v) is 14.8. The molecule has 0 saturated carbocycles. The zero-order valence-electron chi connectivity index (χ0n) is 14.8. The second-order valence-electron chi connectivity index (χ2n) is 6.12. The monoisotopic (exact) mass is 345 g/mol. The number of amides is 1. The summed E-state index contributed by atoms with van der Waals surface area (Å²) in [5.41, 5.74) is 7.67. The Morgan fingerprint density at radius 3 is 2.68 bits per heavy atom. The van der Waals surface area contributed by atoms with Crippen LogP contribution in [0, 0.1) is 5.82 Å². The Hall–Kier alpha value is -2.44. The van der Waals surface area contributed by atoms with E-state index < -0.39 is 11.7 Å². The third kappa shape index (κ3) is 5.27. The van der Waals surface area contributed by atoms with Gasteiger partial charge in [-0.05, 0) is 56.9 Å². The zero-order chi connectivity index (χ0) is 18.4. The highest BCUT2D eigenvalue weighted by Crippen LogP contribution is 2.21. The van der Waals surface area contributed by atoms with Gasteiger partial charge in [0.15, 0.2) is 0 Å². The van der Waals surface area contributed by atoms with Crippen LogP contribution in [0.5, 0.6) is 5.75 Å². The second kappa shape index (κ2) is 8.60. The van der Waals surface area contributed by atoms with Crippen LogP contribution in [0.25, 0.3) is 0 Å². The van der Waals surface area contributed by atoms with E-state index >= 15 is 0 Å². The summed E-state index contributed by atoms with van der Waals surface area (Å²) in [4.78, 5) is 14.4. The molecule has 0 bridgehead atoms. The first-order chi connectivity index (χ1) is 11.9. The molecule has 0 aliphatic heterocycles. The Morgan fingerprint density at radius 1 is 1.28 bits per heavy atom. The van der Waals surface area contributed by atoms with Crippen LogP contribution >= 0.6 is 0 Å². The summed E-state index contributed by atoms with van der Waals surface area (Å²) in [5.74, 6) is -0.780. The van der Waals surface area contributed by atoms with Gasteiger partial charge in [0.05, 0.1) is 12.7 Å². The van der Waals surface area contributed by atoms with Gasteiger partial charge >= 0.3 is 0 Å². The maximum atomic E-state index is 14.0. The lowest BCUT2D eigenvalue weighted by Crippen LogP contribution is -2.20. The number of hydrogen-bond acceptors (Lipinski definition) is 4. The van der Waals surface area contributed by atoms with Gasteiger partial charge < -0.3 is 20.7 Å². The minimum Gasteiger partial charge on any atom is -0.497 e. The van der Waals surface area contributed by atoms with E-state index in [4.69, 9.17) is 10.5 Å². The average Bonchev–Trinajstić information content (AvgIpc) is 2.59. The van der Waals surface area contributed by atoms with Gasteiger partial charge in [0.1, 0.15) is 11.6 Å². The van der Waals surface area contributed by atoms with Crippen molar-refractivity contribution >= 4 is 11.6 Å². The van der Waals surface area contributed by atoms with Crippen LogP contribution < -0.4 is 15.8 Å². The van der Waals surface area contributed by atoms with E-state index in [-0.39, 0.29) is 11.6 Å². The highest BCUT2D eigenvalue weighted by Gasteiger charge is 2.14. The molecule has 0 aliphatic carbocycles. The van der Waals surface area contributed by atoms with E-state index in [1.54, 1.807) is 12.1 Å². The highest BCUT2D eigenvalue weighted by molar-refractivity contribution is 6.04. The molecule has 0 aliphatic rings. The minimum absolute atomic E-state index is 0.0388. The first-order valence-corrected chi connectivity index (χ1v) is 8.06. The molecule has 1 unspecified atom stereocenters. The quantitative estimate of drug-likeness (QED) is 0.809. The van der Waals surface area contributed by atoms with E-state index in [1.165, 1.54) is 19.2 Å². The number of hydrogen-bond donors (Lipinski definition) is 2. The third-order valence-corrected chi connectivity index (χ3v) is 3.88. The number of rotatable bonds is 7. The van der Waals surface area contributed by atoms with E-state index in [0.29, 0.717) is 11.4 Å². The number of nitrogens with one attached hydrogen (secondary N) is 1. The summed E-state index contributed by atoms with van der Waals surface area (Å²) >= 11 is 0. The predicted molar refractivity (Wildman–Crippen MR) is 97.4 cm³/mol. The van der Waals surface area contributed by atoms with Crippen LogP contribution in [-0.4, -0.2) is 38.6 Å². The summed E-state index contributed by atoms with van der Waals surface area (Å²) in [6.45, 7) is 0.870. The van der Waals surface area contributed by atoms with E-state index in [9.17, 15) is 9.18 Å². The highest BCUT2D eigenvalue weighted by atomic mass is 19.1. The fraction of sp³-hybridized carbons (Fsp3) is 0.316. The largest absolute Gasteiger partial charge is 0.497 e. The first-order valence-electron chi connectivity index (χ1n) is 8.06. The van der Waals surface area contributed by atoms with Gasteiger partial charge in [0, 0.05) is 17.8 Å². The van der Waals surface area contributed by atoms with Crippen molar-refractivity contribution in [3.63, 3.8) is 0 Å². The van der Waals surface area contributed by atoms with Crippen molar-refractivity contribution in [3.05, 3.63) is 59.4 Å². The summed E-state index contributed by atoms with van der Waals surface area (Å²) in [6, 6.07) is 11.3. The molecule has 1 atom stereocenters. The SMILES string of the molecule is COc1ccc(C(=O)Nc2cccc(C(N)CCN(C)C)c2)c(F)c1. The molecule has 2 aromatic carbocycles. The Morgan fingerprint density at radius 2 is 2.04 bits per heavy atom. The first kappa shape index (κ1) is 18.9. The van der Waals surface area contributed by atoms with Crippen molar-refractivity contribution in [2.45, 2.75) is 12.5 Å². The Bertz CT molecular complexity index is 734. The van der Waals surface area contributed by atoms with Crippen molar-refractivity contribution in [3.8, 4) is 5.75 Å². The van der Waals surface area contributed by atoms with Gasteiger partial charge in [-0.1, -0.05) is 12.1 Å². The van der Waals surface area contributed by atoms with Gasteiger partial charge in [0.25, 0.3) is 5.91 Å². The molecule has 2 aromatic rings. The van der Waals surface area contributed by atoms with Crippen molar-refractivity contribution in [1.82, 2.24) is 4.90 Å². The molecule has 0 spiro atoms. The van der Waals surface area contributed by atoms with Crippen LogP contribution in [0.3, 0.4) is 0 Å². The van der Waals surface area contributed by atoms with Crippen LogP contribution in [0.2, 0.25) is 0 Å². The van der Waals surface area contributed by atoms with Gasteiger partial charge in [-0.15, -0.1) is 0 Å². The molecule has 0 aromatic heterocycles. The van der Waals surface area contributed by atoms with Crippen molar-refractivity contribution in [1.29, 1.82) is 0 Å². The van der Waals surface area contributed by atoms with E-state index in [2.05, 4.69) is 10.2 Å². The number of nitrogens with zero attached hydrogens (tertiary/aromatic N) is 1. The number of methoxy groups -OCH3 is 1. The molecular weight excluding hydrogens is 321 g/mol. The number of ether oxygens (including phenoxy) is 1. The molecule has 0 radical (unpaired) electrons. The van der Waals surface area contributed by atoms with Crippen LogP contribution in [-0.2, 0) is 0 Å². The Labute approximate surface area is 147 Å². The molecule has 6 heteroatoms. The third-order valence-electron chi connectivity index (χ3n) is 3.88. The van der Waals surface area contributed by atoms with Crippen LogP contribution in [0.15, 0.2) is 42.5 Å². The predicted octanol–water partition coefficient (Wildman–Crippen LogP) is 3.04. The average molecular weight is 345 g/mol. The normalized spacial score (nSPS) is 12.1. The molecule has 0 fully saturated rings. The Balaban J connectivity index is 2.10. The number of carbonyl (C=O) groups is 1. The minimum atomic E-state index is -0.629. The fourth-order valence-electron chi connectivity index (χ4n) is 2.42. The summed E-state index contributed by atoms with van der Waals surface area (Å²) in [6.07, 6.45) is 0.803. The lowest BCUT2D eigenvalue weighted by Gasteiger charge is -2.16. The molecule has 3 N–H and O–H groups in total. The number of anilines is 1. The lowest BCUT2D eigenvalue weighted by molar-refractivity contribution is 0.102. The van der Waals surface area contributed by atoms with E-state index in [0.717, 1.165) is 18.5 Å². The smallest absolute Gasteiger partial charge is 0.258 e. The van der Waals surface area contributed by atoms with Crippen molar-refractivity contribution in [2.24, 2.45) is 5.73 Å². The number of nitrogens with two attached hydrogens (primary N) is 1. The van der Waals surface area contributed by atoms with Gasteiger partial charge in [-0.3, -0.25) is 4.79 Å². The van der Waals surface area contributed by atoms with Gasteiger partial charge in [-0.2, -0.15) is 0 Å². The molecule has 134 valence electrons. The fourth-order valence-corrected chi connectivity index (χ4v) is 2.42. The molecule has 0 saturated heterocycles. The maximum absolute atomic E-state index is 14.0. The van der Waals surface area contributed by atoms with Crippen molar-refractivity contribution < 1.29 is 13.9 Å². The van der Waals surface area contributed by atoms with Crippen LogP contribution in [0.4, 0.5) is 10.1 Å². The summed E-state index contributed by atoms with van der Waals surface area (Å²) in [7, 11) is 5.43. The Kier molecular flexibility index (Phi) is 6.50. The lowest BCUT2D eigenvalue weighted by atomic mass is 10.0. The molecule has 2 rings (SSSR count). The summed E-state index contributed by atoms with van der Waals surface area (Å²) < 4.78 is 18.9. The topological polar surface area (TPSA) is 67.6 Å². The molecule has 25 heavy (non-hydrogen) atoms. The molecule has 5 nitrogen and oxygen atoms in total. The number of benzene rings is 2. The standard InChI is InChI=1S/C19H24FN3O2/c1-23(2)10-9-18(21)13-5-4-6-14(11-13)22-19(24)16-8-7-15(25-3)12-17(16)20/h4-8,11-12,18H,9-10,21H2,1-3H3,(H,22,24). The number of halogens is 1. The van der Waals surface area contributed by atoms with Gasteiger partial charge in [-0.25, -0.2) is 4.39 Å². The summed E-state index contributed by atoms with van der Waals surface area (Å²) in [5, 5.41) is 2.71. The maximum Gasteiger partial charge on any atom is 0.258 e.